The maximum atomic E-state index is 6.09. The lowest BCUT2D eigenvalue weighted by Crippen LogP contribution is -2.12. The number of nitrogens with zero attached hydrogens (tertiary/aromatic N) is 7. The van der Waals surface area contributed by atoms with Crippen molar-refractivity contribution in [1.29, 1.82) is 0 Å². The van der Waals surface area contributed by atoms with Crippen molar-refractivity contribution in [1.82, 2.24) is 34.9 Å². The van der Waals surface area contributed by atoms with Gasteiger partial charge in [0.25, 0.3) is 0 Å². The summed E-state index contributed by atoms with van der Waals surface area (Å²) in [6.45, 7) is 0. The molecule has 0 fully saturated rings. The number of benzene rings is 1. The Hall–Kier alpha value is -3.20. The molecule has 0 aliphatic carbocycles. The molecule has 1 aromatic carbocycles. The van der Waals surface area contributed by atoms with Crippen LogP contribution in [0.1, 0.15) is 5.69 Å². The Kier molecular flexibility index (Phi) is 4.13. The average Bonchev–Trinajstić information content (AvgIpc) is 3.28. The van der Waals surface area contributed by atoms with E-state index in [0.717, 1.165) is 11.4 Å². The highest BCUT2D eigenvalue weighted by Crippen LogP contribution is 2.22. The zero-order valence-electron chi connectivity index (χ0n) is 13.1. The predicted octanol–water partition coefficient (Wildman–Crippen LogP) is 1.93. The van der Waals surface area contributed by atoms with Gasteiger partial charge in [0.05, 0.1) is 17.6 Å². The van der Waals surface area contributed by atoms with Crippen LogP contribution >= 0.6 is 11.8 Å². The first-order chi connectivity index (χ1) is 12.3. The summed E-state index contributed by atoms with van der Waals surface area (Å²) in [4.78, 5) is 5.84. The number of hydrogen-bond donors (Lipinski definition) is 1. The van der Waals surface area contributed by atoms with Crippen molar-refractivity contribution in [3.8, 4) is 17.2 Å². The molecule has 0 spiro atoms. The maximum Gasteiger partial charge on any atom is 0.210 e. The summed E-state index contributed by atoms with van der Waals surface area (Å²) >= 11 is 1.44. The van der Waals surface area contributed by atoms with Gasteiger partial charge in [-0.05, 0) is 24.3 Å². The Bertz CT molecular complexity index is 964. The van der Waals surface area contributed by atoms with E-state index in [1.807, 2.05) is 48.5 Å². The molecule has 25 heavy (non-hydrogen) atoms. The lowest BCUT2D eigenvalue weighted by Gasteiger charge is -2.02. The van der Waals surface area contributed by atoms with Crippen LogP contribution in [0.25, 0.3) is 17.2 Å². The van der Waals surface area contributed by atoms with Crippen LogP contribution in [0.15, 0.2) is 66.1 Å². The highest BCUT2D eigenvalue weighted by molar-refractivity contribution is 7.98. The van der Waals surface area contributed by atoms with Crippen LogP contribution < -0.4 is 5.84 Å². The topological polar surface area (TPSA) is 100 Å². The molecule has 3 aromatic heterocycles. The van der Waals surface area contributed by atoms with Gasteiger partial charge < -0.3 is 5.84 Å². The number of rotatable bonds is 5. The van der Waals surface area contributed by atoms with Crippen LogP contribution in [0.3, 0.4) is 0 Å². The number of para-hydroxylation sites is 1. The van der Waals surface area contributed by atoms with Gasteiger partial charge in [-0.15, -0.1) is 10.2 Å². The molecule has 0 aliphatic rings. The van der Waals surface area contributed by atoms with E-state index < -0.39 is 0 Å². The first-order valence-corrected chi connectivity index (χ1v) is 8.51. The average molecular weight is 350 g/mol. The molecule has 0 aliphatic heterocycles. The van der Waals surface area contributed by atoms with Crippen molar-refractivity contribution in [2.45, 2.75) is 10.9 Å². The van der Waals surface area contributed by atoms with E-state index in [1.54, 1.807) is 17.2 Å². The molecule has 124 valence electrons. The van der Waals surface area contributed by atoms with Crippen molar-refractivity contribution in [3.05, 3.63) is 66.6 Å². The first kappa shape index (κ1) is 15.3. The lowest BCUT2D eigenvalue weighted by atomic mass is 10.3. The fourth-order valence-corrected chi connectivity index (χ4v) is 2.96. The summed E-state index contributed by atoms with van der Waals surface area (Å²) in [6.07, 6.45) is 3.43. The van der Waals surface area contributed by atoms with E-state index in [4.69, 9.17) is 5.84 Å². The van der Waals surface area contributed by atoms with Crippen LogP contribution in [-0.4, -0.2) is 34.9 Å². The molecule has 0 radical (unpaired) electrons. The molecule has 0 atom stereocenters. The van der Waals surface area contributed by atoms with Crippen molar-refractivity contribution in [2.75, 3.05) is 5.84 Å². The molecular formula is C16H14N8S. The minimum atomic E-state index is 0.524. The van der Waals surface area contributed by atoms with Gasteiger partial charge in [-0.2, -0.15) is 15.0 Å². The quantitative estimate of drug-likeness (QED) is 0.433. The second-order valence-corrected chi connectivity index (χ2v) is 6.08. The SMILES string of the molecule is Nn1c(SCc2cnn(-c3ccccc3)n2)nnc1-c1ccccn1. The van der Waals surface area contributed by atoms with Crippen LogP contribution in [-0.2, 0) is 5.75 Å². The van der Waals surface area contributed by atoms with Crippen LogP contribution in [0, 0.1) is 0 Å². The van der Waals surface area contributed by atoms with E-state index in [2.05, 4.69) is 25.4 Å². The van der Waals surface area contributed by atoms with Gasteiger partial charge in [0, 0.05) is 11.9 Å². The van der Waals surface area contributed by atoms with Crippen molar-refractivity contribution >= 4 is 11.8 Å². The first-order valence-electron chi connectivity index (χ1n) is 7.52. The van der Waals surface area contributed by atoms with Gasteiger partial charge in [0.15, 0.2) is 0 Å². The minimum Gasteiger partial charge on any atom is -0.335 e. The minimum absolute atomic E-state index is 0.524. The highest BCUT2D eigenvalue weighted by Gasteiger charge is 2.13. The Balaban J connectivity index is 1.48. The third kappa shape index (κ3) is 3.22. The smallest absolute Gasteiger partial charge is 0.210 e. The van der Waals surface area contributed by atoms with Gasteiger partial charge in [-0.25, -0.2) is 4.68 Å². The number of hydrogen-bond acceptors (Lipinski definition) is 7. The van der Waals surface area contributed by atoms with Crippen LogP contribution in [0.2, 0.25) is 0 Å². The number of thioether (sulfide) groups is 1. The Morgan fingerprint density at radius 1 is 1.00 bits per heavy atom. The fourth-order valence-electron chi connectivity index (χ4n) is 2.23. The van der Waals surface area contributed by atoms with Crippen LogP contribution in [0.4, 0.5) is 0 Å². The van der Waals surface area contributed by atoms with E-state index in [0.29, 0.717) is 22.4 Å². The summed E-state index contributed by atoms with van der Waals surface area (Å²) in [5.41, 5.74) is 2.42. The summed E-state index contributed by atoms with van der Waals surface area (Å²) in [5.74, 6) is 7.20. The van der Waals surface area contributed by atoms with Gasteiger partial charge in [-0.1, -0.05) is 36.0 Å². The third-order valence-corrected chi connectivity index (χ3v) is 4.41. The molecule has 4 aromatic rings. The third-order valence-electron chi connectivity index (χ3n) is 3.43. The summed E-state index contributed by atoms with van der Waals surface area (Å²) in [7, 11) is 0. The second-order valence-electron chi connectivity index (χ2n) is 5.14. The van der Waals surface area contributed by atoms with Crippen molar-refractivity contribution in [3.63, 3.8) is 0 Å². The molecule has 0 amide bonds. The summed E-state index contributed by atoms with van der Waals surface area (Å²) < 4.78 is 1.44. The fraction of sp³-hybridized carbons (Fsp3) is 0.0625. The van der Waals surface area contributed by atoms with Gasteiger partial charge in [0.2, 0.25) is 11.0 Å². The van der Waals surface area contributed by atoms with Crippen LogP contribution in [0.5, 0.6) is 0 Å². The van der Waals surface area contributed by atoms with E-state index in [9.17, 15) is 0 Å². The molecule has 3 heterocycles. The van der Waals surface area contributed by atoms with Crippen molar-refractivity contribution in [2.24, 2.45) is 0 Å². The van der Waals surface area contributed by atoms with Gasteiger partial charge in [-0.3, -0.25) is 4.98 Å². The molecule has 8 nitrogen and oxygen atoms in total. The zero-order valence-corrected chi connectivity index (χ0v) is 13.9. The molecule has 0 unspecified atom stereocenters. The van der Waals surface area contributed by atoms with Gasteiger partial charge >= 0.3 is 0 Å². The molecule has 2 N–H and O–H groups in total. The maximum absolute atomic E-state index is 6.09. The Labute approximate surface area is 147 Å². The van der Waals surface area contributed by atoms with E-state index >= 15 is 0 Å². The predicted molar refractivity (Wildman–Crippen MR) is 94.3 cm³/mol. The molecule has 0 bridgehead atoms. The Morgan fingerprint density at radius 3 is 2.64 bits per heavy atom. The number of aromatic nitrogens is 7. The van der Waals surface area contributed by atoms with E-state index in [-0.39, 0.29) is 0 Å². The molecule has 0 saturated carbocycles. The number of nitrogen functional groups attached to an aromatic ring is 1. The largest absolute Gasteiger partial charge is 0.335 e. The molecule has 4 rings (SSSR count). The zero-order chi connectivity index (χ0) is 17.1. The molecule has 9 heteroatoms. The van der Waals surface area contributed by atoms with Gasteiger partial charge in [0.1, 0.15) is 5.69 Å². The molecule has 0 saturated heterocycles. The highest BCUT2D eigenvalue weighted by atomic mass is 32.2. The summed E-state index contributed by atoms with van der Waals surface area (Å²) in [6, 6.07) is 15.3. The Morgan fingerprint density at radius 2 is 1.84 bits per heavy atom. The molecular weight excluding hydrogens is 336 g/mol. The van der Waals surface area contributed by atoms with E-state index in [1.165, 1.54) is 16.4 Å². The standard InChI is InChI=1S/C16H14N8S/c17-23-15(14-8-4-5-9-18-14)20-21-16(23)25-11-12-10-19-24(22-12)13-6-2-1-3-7-13/h1-10H,11,17H2. The lowest BCUT2D eigenvalue weighted by molar-refractivity contribution is 0.744. The number of pyridine rings is 1. The monoisotopic (exact) mass is 350 g/mol. The van der Waals surface area contributed by atoms with Crippen molar-refractivity contribution < 1.29 is 0 Å². The second kappa shape index (κ2) is 6.73. The number of nitrogens with two attached hydrogens (primary N) is 1. The normalized spacial score (nSPS) is 10.9. The summed E-state index contributed by atoms with van der Waals surface area (Å²) in [5, 5.41) is 17.6.